The van der Waals surface area contributed by atoms with Crippen molar-refractivity contribution >= 4 is 33.4 Å². The van der Waals surface area contributed by atoms with Crippen LogP contribution in [0.3, 0.4) is 0 Å². The van der Waals surface area contributed by atoms with Gasteiger partial charge in [0.15, 0.2) is 0 Å². The van der Waals surface area contributed by atoms with Gasteiger partial charge in [0.25, 0.3) is 11.8 Å². The molecule has 2 N–H and O–H groups in total. The zero-order valence-corrected chi connectivity index (χ0v) is 16.4. The predicted octanol–water partition coefficient (Wildman–Crippen LogP) is 4.94. The monoisotopic (exact) mass is 422 g/mol. The van der Waals surface area contributed by atoms with E-state index in [2.05, 4.69) is 26.6 Å². The van der Waals surface area contributed by atoms with Crippen LogP contribution in [-0.2, 0) is 6.54 Å². The Morgan fingerprint density at radius 2 is 1.56 bits per heavy atom. The number of nitrogens with one attached hydrogen (secondary N) is 2. The van der Waals surface area contributed by atoms with Crippen LogP contribution in [0.4, 0.5) is 5.69 Å². The van der Waals surface area contributed by atoms with Gasteiger partial charge in [-0.05, 0) is 52.7 Å². The Labute approximate surface area is 166 Å². The van der Waals surface area contributed by atoms with Gasteiger partial charge in [0, 0.05) is 11.0 Å². The van der Waals surface area contributed by atoms with Crippen molar-refractivity contribution in [1.82, 2.24) is 5.32 Å². The number of amides is 2. The van der Waals surface area contributed by atoms with Gasteiger partial charge >= 0.3 is 0 Å². The van der Waals surface area contributed by atoms with Crippen molar-refractivity contribution in [2.24, 2.45) is 0 Å². The molecule has 0 aliphatic carbocycles. The number of hydrogen-bond acceptors (Lipinski definition) is 2. The van der Waals surface area contributed by atoms with Gasteiger partial charge in [-0.2, -0.15) is 0 Å². The molecule has 3 aromatic carbocycles. The lowest BCUT2D eigenvalue weighted by molar-refractivity contribution is 0.0952. The van der Waals surface area contributed by atoms with E-state index in [1.54, 1.807) is 42.5 Å². The molecule has 0 heterocycles. The minimum absolute atomic E-state index is 0.237. The lowest BCUT2D eigenvalue weighted by atomic mass is 10.1. The highest BCUT2D eigenvalue weighted by atomic mass is 79.9. The van der Waals surface area contributed by atoms with E-state index in [1.165, 1.54) is 0 Å². The molecule has 0 aliphatic heterocycles. The van der Waals surface area contributed by atoms with Crippen LogP contribution >= 0.6 is 15.9 Å². The van der Waals surface area contributed by atoms with E-state index in [0.29, 0.717) is 27.8 Å². The number of para-hydroxylation sites is 1. The van der Waals surface area contributed by atoms with Gasteiger partial charge in [-0.15, -0.1) is 0 Å². The summed E-state index contributed by atoms with van der Waals surface area (Å²) in [4.78, 5) is 25.2. The van der Waals surface area contributed by atoms with Gasteiger partial charge in [0.1, 0.15) is 0 Å². The van der Waals surface area contributed by atoms with Gasteiger partial charge in [-0.25, -0.2) is 0 Å². The molecule has 0 radical (unpaired) electrons. The third kappa shape index (κ3) is 4.83. The molecule has 5 heteroatoms. The third-order valence-corrected chi connectivity index (χ3v) is 4.77. The number of aryl methyl sites for hydroxylation is 1. The van der Waals surface area contributed by atoms with Crippen LogP contribution in [0.2, 0.25) is 0 Å². The van der Waals surface area contributed by atoms with Crippen molar-refractivity contribution in [3.8, 4) is 0 Å². The van der Waals surface area contributed by atoms with Crippen LogP contribution in [0.5, 0.6) is 0 Å². The molecule has 0 spiro atoms. The van der Waals surface area contributed by atoms with Crippen molar-refractivity contribution in [2.45, 2.75) is 13.5 Å². The number of hydrogen-bond donors (Lipinski definition) is 2. The summed E-state index contributed by atoms with van der Waals surface area (Å²) in [6.45, 7) is 2.44. The average Bonchev–Trinajstić information content (AvgIpc) is 2.67. The van der Waals surface area contributed by atoms with E-state index in [9.17, 15) is 9.59 Å². The van der Waals surface area contributed by atoms with Crippen LogP contribution < -0.4 is 10.6 Å². The highest BCUT2D eigenvalue weighted by Gasteiger charge is 2.15. The second kappa shape index (κ2) is 8.64. The quantitative estimate of drug-likeness (QED) is 0.611. The van der Waals surface area contributed by atoms with Crippen LogP contribution in [0.15, 0.2) is 77.3 Å². The Balaban J connectivity index is 1.74. The molecule has 2 amide bonds. The first-order chi connectivity index (χ1) is 13.0. The molecule has 0 unspecified atom stereocenters. The van der Waals surface area contributed by atoms with Crippen LogP contribution in [0.1, 0.15) is 31.8 Å². The molecule has 0 aliphatic rings. The Hall–Kier alpha value is -2.92. The molecule has 4 nitrogen and oxygen atoms in total. The SMILES string of the molecule is Cc1cccc(CNC(=O)c2ccccc2NC(=O)c2ccccc2Br)c1. The molecule has 27 heavy (non-hydrogen) atoms. The molecule has 3 aromatic rings. The van der Waals surface area contributed by atoms with Gasteiger partial charge in [-0.1, -0.05) is 54.1 Å². The molecular formula is C22H19BrN2O2. The molecule has 0 bridgehead atoms. The number of carbonyl (C=O) groups is 2. The first kappa shape index (κ1) is 18.9. The number of rotatable bonds is 5. The summed E-state index contributed by atoms with van der Waals surface area (Å²) in [5.74, 6) is -0.513. The van der Waals surface area contributed by atoms with Crippen LogP contribution in [0.25, 0.3) is 0 Å². The molecule has 0 saturated heterocycles. The summed E-state index contributed by atoms with van der Waals surface area (Å²) in [5, 5.41) is 5.73. The van der Waals surface area contributed by atoms with Crippen molar-refractivity contribution in [3.05, 3.63) is 99.5 Å². The van der Waals surface area contributed by atoms with E-state index in [-0.39, 0.29) is 11.8 Å². The topological polar surface area (TPSA) is 58.2 Å². The molecule has 0 saturated carbocycles. The minimum atomic E-state index is -0.276. The molecule has 0 atom stereocenters. The summed E-state index contributed by atoms with van der Waals surface area (Å²) in [5.41, 5.74) is 3.57. The highest BCUT2D eigenvalue weighted by Crippen LogP contribution is 2.20. The number of anilines is 1. The zero-order valence-electron chi connectivity index (χ0n) is 14.8. The van der Waals surface area contributed by atoms with E-state index in [4.69, 9.17) is 0 Å². The lowest BCUT2D eigenvalue weighted by Crippen LogP contribution is -2.25. The fraction of sp³-hybridized carbons (Fsp3) is 0.0909. The Kier molecular flexibility index (Phi) is 6.04. The first-order valence-electron chi connectivity index (χ1n) is 8.53. The standard InChI is InChI=1S/C22H19BrN2O2/c1-15-7-6-8-16(13-15)14-24-21(26)18-10-3-5-12-20(18)25-22(27)17-9-2-4-11-19(17)23/h2-13H,14H2,1H3,(H,24,26)(H,25,27). The van der Waals surface area contributed by atoms with Gasteiger partial charge in [-0.3, -0.25) is 9.59 Å². The average molecular weight is 423 g/mol. The van der Waals surface area contributed by atoms with Crippen molar-refractivity contribution in [3.63, 3.8) is 0 Å². The zero-order chi connectivity index (χ0) is 19.2. The Morgan fingerprint density at radius 1 is 0.852 bits per heavy atom. The lowest BCUT2D eigenvalue weighted by Gasteiger charge is -2.12. The van der Waals surface area contributed by atoms with Crippen LogP contribution in [-0.4, -0.2) is 11.8 Å². The van der Waals surface area contributed by atoms with Crippen molar-refractivity contribution < 1.29 is 9.59 Å². The first-order valence-corrected chi connectivity index (χ1v) is 9.32. The van der Waals surface area contributed by atoms with E-state index >= 15 is 0 Å². The molecule has 3 rings (SSSR count). The Morgan fingerprint density at radius 3 is 2.30 bits per heavy atom. The third-order valence-electron chi connectivity index (χ3n) is 4.07. The van der Waals surface area contributed by atoms with Crippen molar-refractivity contribution in [1.29, 1.82) is 0 Å². The second-order valence-electron chi connectivity index (χ2n) is 6.15. The van der Waals surface area contributed by atoms with Gasteiger partial charge in [0.2, 0.25) is 0 Å². The molecule has 0 aromatic heterocycles. The summed E-state index contributed by atoms with van der Waals surface area (Å²) >= 11 is 3.37. The number of halogens is 1. The predicted molar refractivity (Wildman–Crippen MR) is 111 cm³/mol. The summed E-state index contributed by atoms with van der Waals surface area (Å²) in [7, 11) is 0. The smallest absolute Gasteiger partial charge is 0.256 e. The Bertz CT molecular complexity index is 985. The van der Waals surface area contributed by atoms with E-state index in [0.717, 1.165) is 11.1 Å². The summed E-state index contributed by atoms with van der Waals surface area (Å²) in [6, 6.07) is 22.1. The second-order valence-corrected chi connectivity index (χ2v) is 7.01. The minimum Gasteiger partial charge on any atom is -0.348 e. The molecular weight excluding hydrogens is 404 g/mol. The molecule has 136 valence electrons. The fourth-order valence-electron chi connectivity index (χ4n) is 2.72. The molecule has 0 fully saturated rings. The number of carbonyl (C=O) groups excluding carboxylic acids is 2. The maximum absolute atomic E-state index is 12.6. The van der Waals surface area contributed by atoms with E-state index < -0.39 is 0 Å². The van der Waals surface area contributed by atoms with Crippen LogP contribution in [0, 0.1) is 6.92 Å². The largest absolute Gasteiger partial charge is 0.348 e. The summed E-state index contributed by atoms with van der Waals surface area (Å²) in [6.07, 6.45) is 0. The van der Waals surface area contributed by atoms with E-state index in [1.807, 2.05) is 37.3 Å². The fourth-order valence-corrected chi connectivity index (χ4v) is 3.19. The summed E-state index contributed by atoms with van der Waals surface area (Å²) < 4.78 is 0.698. The van der Waals surface area contributed by atoms with Gasteiger partial charge in [0.05, 0.1) is 16.8 Å². The highest BCUT2D eigenvalue weighted by molar-refractivity contribution is 9.10. The maximum Gasteiger partial charge on any atom is 0.256 e. The number of benzene rings is 3. The maximum atomic E-state index is 12.6. The van der Waals surface area contributed by atoms with Crippen molar-refractivity contribution in [2.75, 3.05) is 5.32 Å². The normalized spacial score (nSPS) is 10.3. The van der Waals surface area contributed by atoms with Gasteiger partial charge < -0.3 is 10.6 Å².